The molecule has 1 heterocycles. The molecular weight excluding hydrogens is 319 g/mol. The second kappa shape index (κ2) is 5.43. The van der Waals surface area contributed by atoms with Gasteiger partial charge in [-0.2, -0.15) is 0 Å². The summed E-state index contributed by atoms with van der Waals surface area (Å²) in [5, 5.41) is 2.01. The fraction of sp³-hybridized carbons (Fsp3) is 0.583. The third-order valence-electron chi connectivity index (χ3n) is 3.08. The van der Waals surface area contributed by atoms with Gasteiger partial charge in [0.25, 0.3) is 0 Å². The van der Waals surface area contributed by atoms with Gasteiger partial charge in [-0.3, -0.25) is 4.79 Å². The first-order valence-electron chi connectivity index (χ1n) is 5.55. The van der Waals surface area contributed by atoms with E-state index in [0.717, 1.165) is 18.4 Å². The van der Waals surface area contributed by atoms with Crippen molar-refractivity contribution in [2.24, 2.45) is 5.92 Å². The molecule has 0 N–H and O–H groups in total. The second-order valence-corrected chi connectivity index (χ2v) is 7.00. The van der Waals surface area contributed by atoms with E-state index < -0.39 is 0 Å². The maximum Gasteiger partial charge on any atom is 0.166 e. The van der Waals surface area contributed by atoms with E-state index in [1.165, 1.54) is 28.6 Å². The smallest absolute Gasteiger partial charge is 0.166 e. The van der Waals surface area contributed by atoms with Crippen molar-refractivity contribution < 1.29 is 4.79 Å². The van der Waals surface area contributed by atoms with Crippen LogP contribution in [0.15, 0.2) is 11.4 Å². The number of rotatable bonds is 2. The molecule has 2 rings (SSSR count). The summed E-state index contributed by atoms with van der Waals surface area (Å²) in [6.07, 6.45) is 7.29. The van der Waals surface area contributed by atoms with Crippen LogP contribution in [0.2, 0.25) is 0 Å². The fourth-order valence-electron chi connectivity index (χ4n) is 2.22. The molecular formula is C12H15IOS. The van der Waals surface area contributed by atoms with Crippen molar-refractivity contribution in [2.45, 2.75) is 38.5 Å². The summed E-state index contributed by atoms with van der Waals surface area (Å²) in [7, 11) is 0. The normalized spacial score (nSPS) is 18.7. The van der Waals surface area contributed by atoms with Crippen LogP contribution in [-0.2, 0) is 0 Å². The Kier molecular flexibility index (Phi) is 4.20. The van der Waals surface area contributed by atoms with Crippen LogP contribution in [0.1, 0.15) is 48.9 Å². The number of hydrogen-bond acceptors (Lipinski definition) is 2. The average Bonchev–Trinajstić information content (AvgIpc) is 2.53. The van der Waals surface area contributed by atoms with Gasteiger partial charge in [0.2, 0.25) is 0 Å². The molecule has 1 aromatic heterocycles. The Morgan fingerprint density at radius 3 is 2.47 bits per heavy atom. The van der Waals surface area contributed by atoms with Gasteiger partial charge in [-0.1, -0.05) is 25.7 Å². The van der Waals surface area contributed by atoms with Crippen LogP contribution in [0, 0.1) is 8.80 Å². The van der Waals surface area contributed by atoms with Crippen LogP contribution in [0.4, 0.5) is 0 Å². The van der Waals surface area contributed by atoms with Crippen LogP contribution in [0.3, 0.4) is 0 Å². The zero-order chi connectivity index (χ0) is 10.7. The Hall–Kier alpha value is 0.1000. The van der Waals surface area contributed by atoms with Gasteiger partial charge in [-0.05, 0) is 41.5 Å². The Morgan fingerprint density at radius 2 is 1.93 bits per heavy atom. The summed E-state index contributed by atoms with van der Waals surface area (Å²) >= 11 is 3.95. The van der Waals surface area contributed by atoms with Gasteiger partial charge in [0, 0.05) is 16.9 Å². The van der Waals surface area contributed by atoms with Crippen molar-refractivity contribution in [2.75, 3.05) is 0 Å². The maximum absolute atomic E-state index is 12.2. The molecule has 1 aliphatic carbocycles. The molecule has 0 atom stereocenters. The first-order chi connectivity index (χ1) is 7.27. The molecule has 1 saturated carbocycles. The van der Waals surface area contributed by atoms with Gasteiger partial charge in [0.05, 0.1) is 2.88 Å². The lowest BCUT2D eigenvalue weighted by atomic mass is 9.92. The zero-order valence-electron chi connectivity index (χ0n) is 8.67. The number of carbonyl (C=O) groups excluding carboxylic acids is 1. The first kappa shape index (κ1) is 11.6. The van der Waals surface area contributed by atoms with E-state index in [9.17, 15) is 4.79 Å². The first-order valence-corrected chi connectivity index (χ1v) is 7.51. The van der Waals surface area contributed by atoms with E-state index in [-0.39, 0.29) is 0 Å². The fourth-order valence-corrected chi connectivity index (χ4v) is 3.55. The molecule has 3 heteroatoms. The lowest BCUT2D eigenvalue weighted by Gasteiger charge is -2.10. The van der Waals surface area contributed by atoms with E-state index in [4.69, 9.17) is 0 Å². The molecule has 15 heavy (non-hydrogen) atoms. The molecule has 1 aliphatic rings. The molecule has 0 aliphatic heterocycles. The minimum absolute atomic E-state index is 0.304. The van der Waals surface area contributed by atoms with E-state index in [0.29, 0.717) is 11.7 Å². The topological polar surface area (TPSA) is 17.1 Å². The van der Waals surface area contributed by atoms with Gasteiger partial charge in [0.1, 0.15) is 0 Å². The highest BCUT2D eigenvalue weighted by Gasteiger charge is 2.21. The molecule has 0 amide bonds. The Morgan fingerprint density at radius 1 is 1.27 bits per heavy atom. The van der Waals surface area contributed by atoms with Gasteiger partial charge in [-0.25, -0.2) is 0 Å². The summed E-state index contributed by atoms with van der Waals surface area (Å²) in [5.41, 5.74) is 0.941. The third-order valence-corrected chi connectivity index (χ3v) is 4.87. The molecule has 0 unspecified atom stereocenters. The van der Waals surface area contributed by atoms with Gasteiger partial charge in [-0.15, -0.1) is 11.3 Å². The molecule has 1 aromatic rings. The highest BCUT2D eigenvalue weighted by atomic mass is 127. The van der Waals surface area contributed by atoms with Crippen molar-refractivity contribution in [1.82, 2.24) is 0 Å². The molecule has 0 bridgehead atoms. The number of thiophene rings is 1. The molecule has 1 fully saturated rings. The third kappa shape index (κ3) is 3.03. The van der Waals surface area contributed by atoms with E-state index in [1.54, 1.807) is 11.3 Å². The highest BCUT2D eigenvalue weighted by molar-refractivity contribution is 14.1. The largest absolute Gasteiger partial charge is 0.294 e. The Bertz CT molecular complexity index is 337. The molecule has 0 aromatic carbocycles. The Balaban J connectivity index is 2.06. The molecule has 0 radical (unpaired) electrons. The summed E-state index contributed by atoms with van der Waals surface area (Å²) in [6.45, 7) is 0. The molecule has 82 valence electrons. The van der Waals surface area contributed by atoms with Crippen molar-refractivity contribution in [3.63, 3.8) is 0 Å². The number of carbonyl (C=O) groups is 1. The van der Waals surface area contributed by atoms with E-state index in [1.807, 2.05) is 11.4 Å². The SMILES string of the molecule is O=C(c1csc(I)c1)C1CCCCCC1. The lowest BCUT2D eigenvalue weighted by Crippen LogP contribution is -2.13. The molecule has 0 spiro atoms. The monoisotopic (exact) mass is 334 g/mol. The average molecular weight is 334 g/mol. The van der Waals surface area contributed by atoms with Crippen molar-refractivity contribution >= 4 is 39.7 Å². The van der Waals surface area contributed by atoms with Crippen LogP contribution >= 0.6 is 33.9 Å². The number of ketones is 1. The maximum atomic E-state index is 12.2. The second-order valence-electron chi connectivity index (χ2n) is 4.19. The predicted molar refractivity (Wildman–Crippen MR) is 72.6 cm³/mol. The predicted octanol–water partition coefficient (Wildman–Crippen LogP) is 4.51. The van der Waals surface area contributed by atoms with Crippen LogP contribution in [-0.4, -0.2) is 5.78 Å². The molecule has 1 nitrogen and oxygen atoms in total. The summed E-state index contributed by atoms with van der Waals surface area (Å²) < 4.78 is 1.21. The summed E-state index contributed by atoms with van der Waals surface area (Å²) in [4.78, 5) is 12.2. The summed E-state index contributed by atoms with van der Waals surface area (Å²) in [5.74, 6) is 0.689. The van der Waals surface area contributed by atoms with Gasteiger partial charge >= 0.3 is 0 Å². The standard InChI is InChI=1S/C12H15IOS/c13-11-7-10(8-15-11)12(14)9-5-3-1-2-4-6-9/h7-9H,1-6H2. The number of Topliss-reactive ketones (excluding diaryl/α,β-unsaturated/α-hetero) is 1. The minimum Gasteiger partial charge on any atom is -0.294 e. The van der Waals surface area contributed by atoms with Crippen LogP contribution < -0.4 is 0 Å². The summed E-state index contributed by atoms with van der Waals surface area (Å²) in [6, 6.07) is 2.03. The van der Waals surface area contributed by atoms with Crippen LogP contribution in [0.5, 0.6) is 0 Å². The van der Waals surface area contributed by atoms with Crippen LogP contribution in [0.25, 0.3) is 0 Å². The quantitative estimate of drug-likeness (QED) is 0.442. The highest BCUT2D eigenvalue weighted by Crippen LogP contribution is 2.28. The Labute approximate surface area is 108 Å². The number of halogens is 1. The number of hydrogen-bond donors (Lipinski definition) is 0. The van der Waals surface area contributed by atoms with Gasteiger partial charge in [0.15, 0.2) is 5.78 Å². The van der Waals surface area contributed by atoms with E-state index >= 15 is 0 Å². The van der Waals surface area contributed by atoms with Crippen molar-refractivity contribution in [3.05, 3.63) is 19.9 Å². The lowest BCUT2D eigenvalue weighted by molar-refractivity contribution is 0.0908. The van der Waals surface area contributed by atoms with Crippen molar-refractivity contribution in [1.29, 1.82) is 0 Å². The zero-order valence-corrected chi connectivity index (χ0v) is 11.6. The van der Waals surface area contributed by atoms with E-state index in [2.05, 4.69) is 22.6 Å². The van der Waals surface area contributed by atoms with Gasteiger partial charge < -0.3 is 0 Å². The van der Waals surface area contributed by atoms with Crippen molar-refractivity contribution in [3.8, 4) is 0 Å². The minimum atomic E-state index is 0.304. The molecule has 0 saturated heterocycles.